The van der Waals surface area contributed by atoms with Crippen LogP contribution in [-0.2, 0) is 0 Å². The smallest absolute Gasteiger partial charge is 0.321 e. The minimum Gasteiger partial charge on any atom is -0.494 e. The third kappa shape index (κ3) is 6.02. The van der Waals surface area contributed by atoms with Gasteiger partial charge in [0.25, 0.3) is 5.91 Å². The van der Waals surface area contributed by atoms with Crippen molar-refractivity contribution in [1.82, 2.24) is 9.80 Å². The number of carbonyl (C=O) groups is 2. The molecular formula is C21H27N3O3. The summed E-state index contributed by atoms with van der Waals surface area (Å²) in [5, 5.41) is 2.88. The molecule has 1 N–H and O–H groups in total. The zero-order valence-electron chi connectivity index (χ0n) is 16.4. The molecule has 144 valence electrons. The Hall–Kier alpha value is -3.02. The number of hydrogen-bond donors (Lipinski definition) is 1. The standard InChI is InChI=1S/C21H27N3O3/c1-16-11-12-17(20(25)23(2)3)15-19(16)22-21(26)24(4)13-8-14-27-18-9-6-5-7-10-18/h5-7,9-12,15H,8,13-14H2,1-4H3,(H,22,26). The van der Waals surface area contributed by atoms with Crippen molar-refractivity contribution in [2.75, 3.05) is 39.6 Å². The lowest BCUT2D eigenvalue weighted by molar-refractivity contribution is 0.0827. The van der Waals surface area contributed by atoms with Crippen LogP contribution in [0.3, 0.4) is 0 Å². The minimum atomic E-state index is -0.215. The van der Waals surface area contributed by atoms with Crippen molar-refractivity contribution < 1.29 is 14.3 Å². The summed E-state index contributed by atoms with van der Waals surface area (Å²) in [5.74, 6) is 0.722. The van der Waals surface area contributed by atoms with Crippen LogP contribution in [0.2, 0.25) is 0 Å². The van der Waals surface area contributed by atoms with Crippen molar-refractivity contribution in [3.8, 4) is 5.75 Å². The van der Waals surface area contributed by atoms with Crippen LogP contribution in [0, 0.1) is 6.92 Å². The molecule has 0 unspecified atom stereocenters. The van der Waals surface area contributed by atoms with Gasteiger partial charge < -0.3 is 19.9 Å². The fraction of sp³-hybridized carbons (Fsp3) is 0.333. The molecule has 2 aromatic carbocycles. The van der Waals surface area contributed by atoms with Crippen LogP contribution < -0.4 is 10.1 Å². The number of urea groups is 1. The van der Waals surface area contributed by atoms with Crippen molar-refractivity contribution in [2.24, 2.45) is 0 Å². The van der Waals surface area contributed by atoms with E-state index in [0.29, 0.717) is 24.4 Å². The Morgan fingerprint density at radius 1 is 1.04 bits per heavy atom. The number of rotatable bonds is 7. The first-order valence-electron chi connectivity index (χ1n) is 8.90. The second-order valence-electron chi connectivity index (χ2n) is 6.60. The van der Waals surface area contributed by atoms with Gasteiger partial charge in [0.1, 0.15) is 5.75 Å². The van der Waals surface area contributed by atoms with E-state index in [4.69, 9.17) is 4.74 Å². The largest absolute Gasteiger partial charge is 0.494 e. The van der Waals surface area contributed by atoms with Crippen LogP contribution in [0.4, 0.5) is 10.5 Å². The molecule has 0 bridgehead atoms. The number of benzene rings is 2. The minimum absolute atomic E-state index is 0.100. The molecule has 0 atom stereocenters. The number of ether oxygens (including phenoxy) is 1. The lowest BCUT2D eigenvalue weighted by atomic mass is 10.1. The summed E-state index contributed by atoms with van der Waals surface area (Å²) >= 11 is 0. The Morgan fingerprint density at radius 2 is 1.74 bits per heavy atom. The average molecular weight is 369 g/mol. The molecule has 0 aliphatic heterocycles. The van der Waals surface area contributed by atoms with Crippen LogP contribution in [0.1, 0.15) is 22.3 Å². The van der Waals surface area contributed by atoms with Crippen molar-refractivity contribution >= 4 is 17.6 Å². The number of nitrogens with one attached hydrogen (secondary N) is 1. The first kappa shape index (κ1) is 20.3. The summed E-state index contributed by atoms with van der Waals surface area (Å²) in [5.41, 5.74) is 2.08. The second kappa shape index (κ2) is 9.62. The van der Waals surface area contributed by atoms with Gasteiger partial charge in [-0.25, -0.2) is 4.79 Å². The average Bonchev–Trinajstić information content (AvgIpc) is 2.66. The molecule has 2 rings (SSSR count). The third-order valence-electron chi connectivity index (χ3n) is 4.13. The molecule has 6 nitrogen and oxygen atoms in total. The summed E-state index contributed by atoms with van der Waals surface area (Å²) in [6.45, 7) is 2.99. The number of hydrogen-bond acceptors (Lipinski definition) is 3. The van der Waals surface area contributed by atoms with Gasteiger partial charge in [-0.15, -0.1) is 0 Å². The van der Waals surface area contributed by atoms with Gasteiger partial charge in [0.15, 0.2) is 0 Å². The highest BCUT2D eigenvalue weighted by atomic mass is 16.5. The lowest BCUT2D eigenvalue weighted by Gasteiger charge is -2.19. The first-order chi connectivity index (χ1) is 12.9. The summed E-state index contributed by atoms with van der Waals surface area (Å²) in [6.07, 6.45) is 0.719. The van der Waals surface area contributed by atoms with Crippen LogP contribution in [0.25, 0.3) is 0 Å². The summed E-state index contributed by atoms with van der Waals surface area (Å²) in [7, 11) is 5.14. The van der Waals surface area contributed by atoms with E-state index in [0.717, 1.165) is 17.7 Å². The van der Waals surface area contributed by atoms with E-state index >= 15 is 0 Å². The normalized spacial score (nSPS) is 10.2. The predicted molar refractivity (Wildman–Crippen MR) is 107 cm³/mol. The molecule has 6 heteroatoms. The predicted octanol–water partition coefficient (Wildman–Crippen LogP) is 3.63. The van der Waals surface area contributed by atoms with Crippen LogP contribution in [0.5, 0.6) is 5.75 Å². The van der Waals surface area contributed by atoms with Crippen molar-refractivity contribution in [3.05, 3.63) is 59.7 Å². The van der Waals surface area contributed by atoms with Crippen LogP contribution in [-0.4, -0.2) is 56.0 Å². The molecule has 0 saturated heterocycles. The maximum absolute atomic E-state index is 12.4. The van der Waals surface area contributed by atoms with Crippen molar-refractivity contribution in [1.29, 1.82) is 0 Å². The summed E-state index contributed by atoms with van der Waals surface area (Å²) in [4.78, 5) is 27.6. The van der Waals surface area contributed by atoms with Crippen molar-refractivity contribution in [2.45, 2.75) is 13.3 Å². The SMILES string of the molecule is Cc1ccc(C(=O)N(C)C)cc1NC(=O)N(C)CCCOc1ccccc1. The van der Waals surface area contributed by atoms with Crippen LogP contribution in [0.15, 0.2) is 48.5 Å². The molecule has 0 aliphatic carbocycles. The number of para-hydroxylation sites is 1. The number of nitrogens with zero attached hydrogens (tertiary/aromatic N) is 2. The molecule has 0 saturated carbocycles. The molecule has 0 fully saturated rings. The second-order valence-corrected chi connectivity index (χ2v) is 6.60. The maximum Gasteiger partial charge on any atom is 0.321 e. The van der Waals surface area contributed by atoms with Gasteiger partial charge in [-0.3, -0.25) is 4.79 Å². The van der Waals surface area contributed by atoms with Gasteiger partial charge in [0, 0.05) is 38.9 Å². The van der Waals surface area contributed by atoms with E-state index in [1.54, 1.807) is 38.2 Å². The molecule has 0 aromatic heterocycles. The fourth-order valence-electron chi connectivity index (χ4n) is 2.47. The Bertz CT molecular complexity index is 775. The summed E-state index contributed by atoms with van der Waals surface area (Å²) in [6, 6.07) is 14.7. The molecule has 0 aliphatic rings. The molecule has 27 heavy (non-hydrogen) atoms. The van der Waals surface area contributed by atoms with E-state index in [1.807, 2.05) is 43.3 Å². The Balaban J connectivity index is 1.86. The lowest BCUT2D eigenvalue weighted by Crippen LogP contribution is -2.33. The fourth-order valence-corrected chi connectivity index (χ4v) is 2.47. The van der Waals surface area contributed by atoms with E-state index < -0.39 is 0 Å². The zero-order valence-corrected chi connectivity index (χ0v) is 16.4. The van der Waals surface area contributed by atoms with E-state index in [-0.39, 0.29) is 11.9 Å². The van der Waals surface area contributed by atoms with E-state index in [9.17, 15) is 9.59 Å². The van der Waals surface area contributed by atoms with Crippen LogP contribution >= 0.6 is 0 Å². The highest BCUT2D eigenvalue weighted by Crippen LogP contribution is 2.18. The monoisotopic (exact) mass is 369 g/mol. The van der Waals surface area contributed by atoms with E-state index in [2.05, 4.69) is 5.32 Å². The number of anilines is 1. The molecule has 3 amide bonds. The Kier molecular flexibility index (Phi) is 7.23. The van der Waals surface area contributed by atoms with Gasteiger partial charge in [0.05, 0.1) is 6.61 Å². The Morgan fingerprint density at radius 3 is 2.41 bits per heavy atom. The molecule has 2 aromatic rings. The molecule has 0 heterocycles. The molecule has 0 spiro atoms. The van der Waals surface area contributed by atoms with Gasteiger partial charge in [0.2, 0.25) is 0 Å². The van der Waals surface area contributed by atoms with Gasteiger partial charge in [-0.2, -0.15) is 0 Å². The van der Waals surface area contributed by atoms with E-state index in [1.165, 1.54) is 4.90 Å². The number of amides is 3. The highest BCUT2D eigenvalue weighted by Gasteiger charge is 2.13. The maximum atomic E-state index is 12.4. The zero-order chi connectivity index (χ0) is 19.8. The quantitative estimate of drug-likeness (QED) is 0.758. The summed E-state index contributed by atoms with van der Waals surface area (Å²) < 4.78 is 5.64. The Labute approximate surface area is 160 Å². The van der Waals surface area contributed by atoms with Gasteiger partial charge in [-0.1, -0.05) is 24.3 Å². The van der Waals surface area contributed by atoms with Crippen molar-refractivity contribution in [3.63, 3.8) is 0 Å². The highest BCUT2D eigenvalue weighted by molar-refractivity contribution is 5.97. The van der Waals surface area contributed by atoms with Gasteiger partial charge >= 0.3 is 6.03 Å². The topological polar surface area (TPSA) is 61.9 Å². The number of carbonyl (C=O) groups excluding carboxylic acids is 2. The van der Waals surface area contributed by atoms with Gasteiger partial charge in [-0.05, 0) is 43.2 Å². The molecule has 0 radical (unpaired) electrons. The number of aryl methyl sites for hydroxylation is 1. The first-order valence-corrected chi connectivity index (χ1v) is 8.90. The molecular weight excluding hydrogens is 342 g/mol. The third-order valence-corrected chi connectivity index (χ3v) is 4.13.